The molecule has 1 heterocycles. The molecule has 3 nitrogen and oxygen atoms in total. The summed E-state index contributed by atoms with van der Waals surface area (Å²) >= 11 is 0. The van der Waals surface area contributed by atoms with Crippen molar-refractivity contribution in [3.05, 3.63) is 11.9 Å². The lowest BCUT2D eigenvalue weighted by Gasteiger charge is -2.08. The minimum Gasteiger partial charge on any atom is -0.249 e. The van der Waals surface area contributed by atoms with E-state index in [4.69, 9.17) is 0 Å². The Morgan fingerprint density at radius 3 is 2.25 bits per heavy atom. The van der Waals surface area contributed by atoms with Gasteiger partial charge in [0.2, 0.25) is 0 Å². The van der Waals surface area contributed by atoms with E-state index in [0.717, 1.165) is 24.8 Å². The third kappa shape index (κ3) is 7.66. The minimum atomic E-state index is 0.780. The van der Waals surface area contributed by atoms with Crippen LogP contribution < -0.4 is 0 Å². The maximum atomic E-state index is 4.22. The molecule has 0 unspecified atom stereocenters. The van der Waals surface area contributed by atoms with E-state index in [1.54, 1.807) is 0 Å². The summed E-state index contributed by atoms with van der Waals surface area (Å²) in [5.41, 5.74) is 1.32. The van der Waals surface area contributed by atoms with Gasteiger partial charge in [0.15, 0.2) is 0 Å². The van der Waals surface area contributed by atoms with E-state index in [1.165, 1.54) is 50.6 Å². The number of unbranched alkanes of at least 4 members (excludes halogenated alkanes) is 3. The molecule has 0 atom stereocenters. The Balaban J connectivity index is 2.15. The van der Waals surface area contributed by atoms with E-state index in [1.807, 2.05) is 6.20 Å². The second kappa shape index (κ2) is 9.95. The van der Waals surface area contributed by atoms with Crippen molar-refractivity contribution in [3.63, 3.8) is 0 Å². The molecular weight excluding hydrogens is 246 g/mol. The monoisotopic (exact) mass is 279 g/mol. The fourth-order valence-electron chi connectivity index (χ4n) is 2.52. The summed E-state index contributed by atoms with van der Waals surface area (Å²) in [6.45, 7) is 10.2. The van der Waals surface area contributed by atoms with Gasteiger partial charge in [-0.15, -0.1) is 5.10 Å². The number of aromatic nitrogens is 3. The molecule has 0 spiro atoms. The van der Waals surface area contributed by atoms with Gasteiger partial charge in [-0.1, -0.05) is 58.6 Å². The SMILES string of the molecule is CC(C)CCCCCCc1cnnn1CCCC(C)C. The molecule has 0 fully saturated rings. The van der Waals surface area contributed by atoms with Gasteiger partial charge in [0.1, 0.15) is 0 Å². The zero-order valence-corrected chi connectivity index (χ0v) is 13.9. The van der Waals surface area contributed by atoms with Crippen LogP contribution in [0.4, 0.5) is 0 Å². The van der Waals surface area contributed by atoms with Gasteiger partial charge in [-0.2, -0.15) is 0 Å². The van der Waals surface area contributed by atoms with Crippen molar-refractivity contribution in [2.45, 2.75) is 85.6 Å². The summed E-state index contributed by atoms with van der Waals surface area (Å²) in [7, 11) is 0. The Hall–Kier alpha value is -0.860. The van der Waals surface area contributed by atoms with Crippen LogP contribution in [0.2, 0.25) is 0 Å². The lowest BCUT2D eigenvalue weighted by molar-refractivity contribution is 0.468. The van der Waals surface area contributed by atoms with Crippen molar-refractivity contribution < 1.29 is 0 Å². The highest BCUT2D eigenvalue weighted by atomic mass is 15.4. The summed E-state index contributed by atoms with van der Waals surface area (Å²) in [6, 6.07) is 0. The first kappa shape index (κ1) is 17.2. The zero-order chi connectivity index (χ0) is 14.8. The second-order valence-electron chi connectivity index (χ2n) is 6.83. The van der Waals surface area contributed by atoms with Gasteiger partial charge < -0.3 is 0 Å². The summed E-state index contributed by atoms with van der Waals surface area (Å²) < 4.78 is 2.11. The number of hydrogen-bond acceptors (Lipinski definition) is 2. The molecule has 1 aromatic rings. The first-order chi connectivity index (χ1) is 9.59. The zero-order valence-electron chi connectivity index (χ0n) is 13.9. The fourth-order valence-corrected chi connectivity index (χ4v) is 2.52. The molecular formula is C17H33N3. The molecule has 1 rings (SSSR count). The van der Waals surface area contributed by atoms with Gasteiger partial charge in [-0.05, 0) is 37.5 Å². The highest BCUT2D eigenvalue weighted by molar-refractivity contribution is 4.93. The molecule has 116 valence electrons. The van der Waals surface area contributed by atoms with Gasteiger partial charge in [0.25, 0.3) is 0 Å². The average molecular weight is 279 g/mol. The second-order valence-corrected chi connectivity index (χ2v) is 6.83. The van der Waals surface area contributed by atoms with E-state index >= 15 is 0 Å². The molecule has 0 aromatic carbocycles. The Kier molecular flexibility index (Phi) is 8.56. The molecule has 0 aliphatic carbocycles. The van der Waals surface area contributed by atoms with E-state index in [2.05, 4.69) is 42.7 Å². The van der Waals surface area contributed by atoms with Crippen LogP contribution in [0.15, 0.2) is 6.20 Å². The van der Waals surface area contributed by atoms with Gasteiger partial charge in [-0.3, -0.25) is 0 Å². The third-order valence-corrected chi connectivity index (χ3v) is 3.81. The predicted octanol–water partition coefficient (Wildman–Crippen LogP) is 4.86. The first-order valence-electron chi connectivity index (χ1n) is 8.47. The molecule has 0 bridgehead atoms. The van der Waals surface area contributed by atoms with Crippen molar-refractivity contribution in [3.8, 4) is 0 Å². The van der Waals surface area contributed by atoms with Crippen LogP contribution in [0.25, 0.3) is 0 Å². The van der Waals surface area contributed by atoms with Crippen LogP contribution in [0.5, 0.6) is 0 Å². The predicted molar refractivity (Wildman–Crippen MR) is 85.7 cm³/mol. The Labute approximate surface area is 125 Å². The van der Waals surface area contributed by atoms with Crippen molar-refractivity contribution >= 4 is 0 Å². The molecule has 20 heavy (non-hydrogen) atoms. The smallest absolute Gasteiger partial charge is 0.0725 e. The molecule has 0 aliphatic heterocycles. The van der Waals surface area contributed by atoms with Crippen LogP contribution in [0.1, 0.15) is 78.3 Å². The maximum Gasteiger partial charge on any atom is 0.0725 e. The number of aryl methyl sites for hydroxylation is 2. The topological polar surface area (TPSA) is 30.7 Å². The number of rotatable bonds is 11. The van der Waals surface area contributed by atoms with Gasteiger partial charge >= 0.3 is 0 Å². The molecule has 1 aromatic heterocycles. The van der Waals surface area contributed by atoms with E-state index in [0.29, 0.717) is 0 Å². The lowest BCUT2D eigenvalue weighted by atomic mass is 10.0. The van der Waals surface area contributed by atoms with Crippen LogP contribution in [-0.4, -0.2) is 15.0 Å². The van der Waals surface area contributed by atoms with Crippen molar-refractivity contribution in [2.75, 3.05) is 0 Å². The molecule has 0 N–H and O–H groups in total. The summed E-state index contributed by atoms with van der Waals surface area (Å²) in [5, 5.41) is 8.29. The van der Waals surface area contributed by atoms with Gasteiger partial charge in [0, 0.05) is 6.54 Å². The summed E-state index contributed by atoms with van der Waals surface area (Å²) in [4.78, 5) is 0. The highest BCUT2D eigenvalue weighted by Crippen LogP contribution is 2.12. The summed E-state index contributed by atoms with van der Waals surface area (Å²) in [5.74, 6) is 1.63. The van der Waals surface area contributed by atoms with Gasteiger partial charge in [-0.25, -0.2) is 4.68 Å². The maximum absolute atomic E-state index is 4.22. The molecule has 3 heteroatoms. The number of nitrogens with zero attached hydrogens (tertiary/aromatic N) is 3. The Morgan fingerprint density at radius 2 is 1.55 bits per heavy atom. The molecule has 0 radical (unpaired) electrons. The first-order valence-corrected chi connectivity index (χ1v) is 8.47. The minimum absolute atomic E-state index is 0.780. The van der Waals surface area contributed by atoms with Crippen LogP contribution in [0, 0.1) is 11.8 Å². The van der Waals surface area contributed by atoms with Crippen molar-refractivity contribution in [1.29, 1.82) is 0 Å². The van der Waals surface area contributed by atoms with E-state index in [9.17, 15) is 0 Å². The lowest BCUT2D eigenvalue weighted by Crippen LogP contribution is -2.06. The fraction of sp³-hybridized carbons (Fsp3) is 0.882. The Morgan fingerprint density at radius 1 is 0.900 bits per heavy atom. The van der Waals surface area contributed by atoms with Crippen molar-refractivity contribution in [2.24, 2.45) is 11.8 Å². The van der Waals surface area contributed by atoms with Crippen molar-refractivity contribution in [1.82, 2.24) is 15.0 Å². The third-order valence-electron chi connectivity index (χ3n) is 3.81. The summed E-state index contributed by atoms with van der Waals surface area (Å²) in [6.07, 6.45) is 12.3. The van der Waals surface area contributed by atoms with Crippen LogP contribution >= 0.6 is 0 Å². The van der Waals surface area contributed by atoms with E-state index in [-0.39, 0.29) is 0 Å². The standard InChI is InChI=1S/C17H33N3/c1-15(2)10-7-5-6-8-12-17-14-18-19-20(17)13-9-11-16(3)4/h14-16H,5-13H2,1-4H3. The normalized spacial score (nSPS) is 11.7. The van der Waals surface area contributed by atoms with E-state index < -0.39 is 0 Å². The van der Waals surface area contributed by atoms with Gasteiger partial charge in [0.05, 0.1) is 11.9 Å². The largest absolute Gasteiger partial charge is 0.249 e. The average Bonchev–Trinajstić information content (AvgIpc) is 2.80. The highest BCUT2D eigenvalue weighted by Gasteiger charge is 2.04. The molecule has 0 saturated carbocycles. The Bertz CT molecular complexity index is 342. The van der Waals surface area contributed by atoms with Crippen LogP contribution in [0.3, 0.4) is 0 Å². The number of hydrogen-bond donors (Lipinski definition) is 0. The molecule has 0 amide bonds. The quantitative estimate of drug-likeness (QED) is 0.541. The van der Waals surface area contributed by atoms with Crippen LogP contribution in [-0.2, 0) is 13.0 Å². The molecule has 0 saturated heterocycles. The molecule has 0 aliphatic rings.